The van der Waals surface area contributed by atoms with Crippen molar-refractivity contribution < 1.29 is 9.53 Å². The first kappa shape index (κ1) is 18.9. The average Bonchev–Trinajstić information content (AvgIpc) is 2.32. The van der Waals surface area contributed by atoms with Crippen molar-refractivity contribution in [2.45, 2.75) is 58.4 Å². The summed E-state index contributed by atoms with van der Waals surface area (Å²) in [7, 11) is 0. The molecular weight excluding hydrogens is 294 g/mol. The van der Waals surface area contributed by atoms with Crippen LogP contribution in [0.4, 0.5) is 5.69 Å². The molecule has 0 atom stereocenters. The van der Waals surface area contributed by atoms with Crippen molar-refractivity contribution in [1.82, 2.24) is 0 Å². The Balaban J connectivity index is 2.30. The molecule has 0 aliphatic rings. The molecule has 0 amide bonds. The zero-order valence-corrected chi connectivity index (χ0v) is 15.5. The van der Waals surface area contributed by atoms with Crippen LogP contribution in [0.2, 0.25) is 0 Å². The molecule has 0 aliphatic carbocycles. The number of thioether (sulfide) groups is 1. The van der Waals surface area contributed by atoms with E-state index in [1.807, 2.05) is 20.8 Å². The van der Waals surface area contributed by atoms with Crippen LogP contribution >= 0.6 is 11.8 Å². The summed E-state index contributed by atoms with van der Waals surface area (Å²) >= 11 is 1.70. The highest BCUT2D eigenvalue weighted by molar-refractivity contribution is 7.99. The van der Waals surface area contributed by atoms with Crippen LogP contribution in [0.15, 0.2) is 29.2 Å². The highest BCUT2D eigenvalue weighted by atomic mass is 32.2. The third-order valence-corrected chi connectivity index (χ3v) is 3.64. The summed E-state index contributed by atoms with van der Waals surface area (Å²) in [5.41, 5.74) is 1.17. The Bertz CT molecular complexity index is 469. The molecule has 0 aromatic heterocycles. The molecule has 22 heavy (non-hydrogen) atoms. The molecule has 1 N–H and O–H groups in total. The summed E-state index contributed by atoms with van der Waals surface area (Å²) < 4.78 is 5.26. The first-order valence-corrected chi connectivity index (χ1v) is 8.70. The molecule has 1 rings (SSSR count). The molecule has 1 aromatic carbocycles. The van der Waals surface area contributed by atoms with Crippen molar-refractivity contribution >= 4 is 23.4 Å². The number of hydrogen-bond acceptors (Lipinski definition) is 4. The van der Waals surface area contributed by atoms with Crippen LogP contribution in [-0.2, 0) is 9.53 Å². The number of ether oxygens (including phenoxy) is 1. The summed E-state index contributed by atoms with van der Waals surface area (Å²) in [5.74, 6) is 0.667. The minimum Gasteiger partial charge on any atom is -0.465 e. The van der Waals surface area contributed by atoms with E-state index in [-0.39, 0.29) is 16.9 Å². The lowest BCUT2D eigenvalue weighted by Crippen LogP contribution is -2.25. The molecule has 3 nitrogen and oxygen atoms in total. The molecule has 0 radical (unpaired) electrons. The molecule has 0 bridgehead atoms. The van der Waals surface area contributed by atoms with E-state index in [0.717, 1.165) is 11.4 Å². The highest BCUT2D eigenvalue weighted by Crippen LogP contribution is 2.22. The lowest BCUT2D eigenvalue weighted by molar-refractivity contribution is -0.145. The lowest BCUT2D eigenvalue weighted by atomic mass is 9.93. The Morgan fingerprint density at radius 1 is 1.09 bits per heavy atom. The van der Waals surface area contributed by atoms with Gasteiger partial charge in [-0.25, -0.2) is 0 Å². The molecule has 124 valence electrons. The number of carbonyl (C=O) groups is 1. The van der Waals surface area contributed by atoms with Crippen LogP contribution in [0.1, 0.15) is 48.0 Å². The van der Waals surface area contributed by atoms with Crippen LogP contribution in [0.3, 0.4) is 0 Å². The fourth-order valence-corrected chi connectivity index (χ4v) is 2.60. The van der Waals surface area contributed by atoms with Crippen LogP contribution in [0.5, 0.6) is 0 Å². The molecule has 1 aromatic rings. The summed E-state index contributed by atoms with van der Waals surface area (Å²) in [4.78, 5) is 12.8. The van der Waals surface area contributed by atoms with E-state index in [9.17, 15) is 4.79 Å². The second-order valence-corrected chi connectivity index (χ2v) is 8.87. The van der Waals surface area contributed by atoms with Gasteiger partial charge in [0.25, 0.3) is 0 Å². The van der Waals surface area contributed by atoms with Gasteiger partial charge in [-0.1, -0.05) is 20.8 Å². The highest BCUT2D eigenvalue weighted by Gasteiger charge is 2.16. The zero-order valence-electron chi connectivity index (χ0n) is 14.7. The number of anilines is 1. The monoisotopic (exact) mass is 323 g/mol. The van der Waals surface area contributed by atoms with E-state index in [0.29, 0.717) is 13.0 Å². The number of carbonyl (C=O) groups excluding carboxylic acids is 1. The standard InChI is InChI=1S/C18H29NO2S/c1-17(2,3)13-16(20)21-11-12-22-15-9-7-14(8-10-15)19-18(4,5)6/h7-10,19H,11-13H2,1-6H3. The van der Waals surface area contributed by atoms with Gasteiger partial charge in [0.15, 0.2) is 0 Å². The largest absolute Gasteiger partial charge is 0.465 e. The first-order valence-electron chi connectivity index (χ1n) is 7.72. The molecule has 0 unspecified atom stereocenters. The zero-order chi connectivity index (χ0) is 16.8. The SMILES string of the molecule is CC(C)(C)CC(=O)OCCSc1ccc(NC(C)(C)C)cc1. The fourth-order valence-electron chi connectivity index (χ4n) is 1.87. The first-order chi connectivity index (χ1) is 10.1. The normalized spacial score (nSPS) is 12.1. The molecule has 0 aliphatic heterocycles. The fraction of sp³-hybridized carbons (Fsp3) is 0.611. The van der Waals surface area contributed by atoms with Gasteiger partial charge in [-0.2, -0.15) is 0 Å². The van der Waals surface area contributed by atoms with Crippen LogP contribution in [-0.4, -0.2) is 23.9 Å². The van der Waals surface area contributed by atoms with Crippen molar-refractivity contribution in [3.05, 3.63) is 24.3 Å². The topological polar surface area (TPSA) is 38.3 Å². The second-order valence-electron chi connectivity index (χ2n) is 7.71. The van der Waals surface area contributed by atoms with Crippen molar-refractivity contribution in [2.75, 3.05) is 17.7 Å². The van der Waals surface area contributed by atoms with Gasteiger partial charge in [-0.05, 0) is 50.5 Å². The van der Waals surface area contributed by atoms with Crippen molar-refractivity contribution in [1.29, 1.82) is 0 Å². The van der Waals surface area contributed by atoms with E-state index in [1.54, 1.807) is 11.8 Å². The Morgan fingerprint density at radius 3 is 2.18 bits per heavy atom. The summed E-state index contributed by atoms with van der Waals surface area (Å²) in [6, 6.07) is 8.35. The molecule has 0 saturated heterocycles. The third kappa shape index (κ3) is 8.98. The van der Waals surface area contributed by atoms with Gasteiger partial charge >= 0.3 is 5.97 Å². The summed E-state index contributed by atoms with van der Waals surface area (Å²) in [6.07, 6.45) is 0.463. The molecule has 0 heterocycles. The van der Waals surface area contributed by atoms with Gasteiger partial charge in [-0.3, -0.25) is 4.79 Å². The Labute approximate surface area is 139 Å². The molecule has 4 heteroatoms. The van der Waals surface area contributed by atoms with Gasteiger partial charge < -0.3 is 10.1 Å². The van der Waals surface area contributed by atoms with Gasteiger partial charge in [0.05, 0.1) is 6.42 Å². The Kier molecular flexibility index (Phi) is 6.79. The van der Waals surface area contributed by atoms with E-state index < -0.39 is 0 Å². The number of benzene rings is 1. The number of hydrogen-bond donors (Lipinski definition) is 1. The minimum absolute atomic E-state index is 0.0138. The van der Waals surface area contributed by atoms with Gasteiger partial charge in [-0.15, -0.1) is 11.8 Å². The van der Waals surface area contributed by atoms with Gasteiger partial charge in [0, 0.05) is 21.9 Å². The maximum absolute atomic E-state index is 11.6. The van der Waals surface area contributed by atoms with E-state index in [4.69, 9.17) is 4.74 Å². The molecular formula is C18H29NO2S. The summed E-state index contributed by atoms with van der Waals surface area (Å²) in [5, 5.41) is 3.43. The van der Waals surface area contributed by atoms with Gasteiger partial charge in [0.2, 0.25) is 0 Å². The van der Waals surface area contributed by atoms with Crippen LogP contribution in [0.25, 0.3) is 0 Å². The Hall–Kier alpha value is -1.16. The molecule has 0 spiro atoms. The predicted octanol–water partition coefficient (Wildman–Crippen LogP) is 4.97. The smallest absolute Gasteiger partial charge is 0.306 e. The molecule has 0 fully saturated rings. The van der Waals surface area contributed by atoms with Crippen molar-refractivity contribution in [2.24, 2.45) is 5.41 Å². The Morgan fingerprint density at radius 2 is 1.68 bits per heavy atom. The van der Waals surface area contributed by atoms with E-state index in [2.05, 4.69) is 50.4 Å². The average molecular weight is 324 g/mol. The van der Waals surface area contributed by atoms with E-state index in [1.165, 1.54) is 4.90 Å². The predicted molar refractivity (Wildman–Crippen MR) is 95.6 cm³/mol. The van der Waals surface area contributed by atoms with Gasteiger partial charge in [0.1, 0.15) is 6.61 Å². The maximum Gasteiger partial charge on any atom is 0.306 e. The van der Waals surface area contributed by atoms with Crippen molar-refractivity contribution in [3.63, 3.8) is 0 Å². The number of nitrogens with one attached hydrogen (secondary N) is 1. The van der Waals surface area contributed by atoms with E-state index >= 15 is 0 Å². The van der Waals surface area contributed by atoms with Crippen LogP contribution < -0.4 is 5.32 Å². The maximum atomic E-state index is 11.6. The summed E-state index contributed by atoms with van der Waals surface area (Å²) in [6.45, 7) is 13.0. The van der Waals surface area contributed by atoms with Crippen molar-refractivity contribution in [3.8, 4) is 0 Å². The lowest BCUT2D eigenvalue weighted by Gasteiger charge is -2.22. The second kappa shape index (κ2) is 7.91. The minimum atomic E-state index is -0.113. The number of rotatable bonds is 6. The number of esters is 1. The van der Waals surface area contributed by atoms with Crippen LogP contribution in [0, 0.1) is 5.41 Å². The third-order valence-electron chi connectivity index (χ3n) is 2.66. The quantitative estimate of drug-likeness (QED) is 0.456. The molecule has 0 saturated carbocycles.